The molecule has 0 spiro atoms. The monoisotopic (exact) mass is 393 g/mol. The SMILES string of the molecule is O=C(CCn1c(=O)oc2ccccc21)NCc1ccccc1CN1CCCCC1. The Hall–Kier alpha value is -2.86. The molecule has 2 heterocycles. The number of aryl methyl sites for hydroxylation is 1. The fraction of sp³-hybridized carbons (Fsp3) is 0.391. The Morgan fingerprint density at radius 1 is 0.966 bits per heavy atom. The molecule has 152 valence electrons. The standard InChI is InChI=1S/C23H27N3O3/c27-22(12-15-26-20-10-4-5-11-21(20)29-23(26)28)24-16-18-8-2-3-9-19(18)17-25-13-6-1-7-14-25/h2-5,8-11H,1,6-7,12-17H2,(H,24,27). The van der Waals surface area contributed by atoms with Crippen LogP contribution in [-0.4, -0.2) is 28.5 Å². The van der Waals surface area contributed by atoms with E-state index in [0.717, 1.165) is 30.7 Å². The topological polar surface area (TPSA) is 67.5 Å². The molecule has 0 saturated carbocycles. The third-order valence-electron chi connectivity index (χ3n) is 5.57. The van der Waals surface area contributed by atoms with Crippen LogP contribution < -0.4 is 11.1 Å². The molecule has 2 aromatic carbocycles. The molecule has 1 aliphatic rings. The first kappa shape index (κ1) is 19.5. The van der Waals surface area contributed by atoms with Gasteiger partial charge in [-0.2, -0.15) is 0 Å². The highest BCUT2D eigenvalue weighted by Crippen LogP contribution is 2.16. The summed E-state index contributed by atoms with van der Waals surface area (Å²) in [6.07, 6.45) is 4.09. The first-order chi connectivity index (χ1) is 14.2. The van der Waals surface area contributed by atoms with Crippen molar-refractivity contribution in [1.82, 2.24) is 14.8 Å². The molecule has 3 aromatic rings. The van der Waals surface area contributed by atoms with Crippen LogP contribution in [0.4, 0.5) is 0 Å². The van der Waals surface area contributed by atoms with Gasteiger partial charge in [-0.25, -0.2) is 4.79 Å². The number of carbonyl (C=O) groups is 1. The molecule has 6 nitrogen and oxygen atoms in total. The van der Waals surface area contributed by atoms with Crippen LogP contribution in [0.5, 0.6) is 0 Å². The summed E-state index contributed by atoms with van der Waals surface area (Å²) in [7, 11) is 0. The third kappa shape index (κ3) is 4.77. The highest BCUT2D eigenvalue weighted by atomic mass is 16.4. The first-order valence-corrected chi connectivity index (χ1v) is 10.3. The maximum atomic E-state index is 12.4. The van der Waals surface area contributed by atoms with Crippen molar-refractivity contribution in [3.63, 3.8) is 0 Å². The second kappa shape index (κ2) is 9.09. The summed E-state index contributed by atoms with van der Waals surface area (Å²) in [5.41, 5.74) is 3.69. The van der Waals surface area contributed by atoms with Gasteiger partial charge in [-0.15, -0.1) is 0 Å². The summed E-state index contributed by atoms with van der Waals surface area (Å²) in [4.78, 5) is 26.9. The van der Waals surface area contributed by atoms with Gasteiger partial charge in [-0.05, 0) is 49.2 Å². The Kier molecular flexibility index (Phi) is 6.10. The number of hydrogen-bond acceptors (Lipinski definition) is 4. The molecular formula is C23H27N3O3. The van der Waals surface area contributed by atoms with Crippen LogP contribution in [0.3, 0.4) is 0 Å². The van der Waals surface area contributed by atoms with E-state index in [1.807, 2.05) is 24.3 Å². The summed E-state index contributed by atoms with van der Waals surface area (Å²) in [5, 5.41) is 3.00. The molecule has 0 radical (unpaired) electrons. The van der Waals surface area contributed by atoms with Crippen LogP contribution in [0, 0.1) is 0 Å². The summed E-state index contributed by atoms with van der Waals surface area (Å²) >= 11 is 0. The van der Waals surface area contributed by atoms with Gasteiger partial charge < -0.3 is 9.73 Å². The molecule has 4 rings (SSSR count). The van der Waals surface area contributed by atoms with E-state index in [4.69, 9.17) is 4.42 Å². The quantitative estimate of drug-likeness (QED) is 0.669. The average molecular weight is 393 g/mol. The summed E-state index contributed by atoms with van der Waals surface area (Å²) in [6, 6.07) is 15.6. The Morgan fingerprint density at radius 3 is 2.52 bits per heavy atom. The number of likely N-dealkylation sites (tertiary alicyclic amines) is 1. The van der Waals surface area contributed by atoms with Crippen molar-refractivity contribution in [2.24, 2.45) is 0 Å². The molecule has 1 N–H and O–H groups in total. The number of amides is 1. The Bertz CT molecular complexity index is 1030. The molecule has 0 unspecified atom stereocenters. The largest absolute Gasteiger partial charge is 0.419 e. The highest BCUT2D eigenvalue weighted by Gasteiger charge is 2.13. The minimum absolute atomic E-state index is 0.0741. The Morgan fingerprint density at radius 2 is 1.69 bits per heavy atom. The van der Waals surface area contributed by atoms with Crippen molar-refractivity contribution in [3.8, 4) is 0 Å². The van der Waals surface area contributed by atoms with E-state index in [1.54, 1.807) is 6.07 Å². The van der Waals surface area contributed by atoms with Gasteiger partial charge in [0.15, 0.2) is 5.58 Å². The number of piperidine rings is 1. The normalized spacial score (nSPS) is 14.9. The third-order valence-corrected chi connectivity index (χ3v) is 5.57. The summed E-state index contributed by atoms with van der Waals surface area (Å²) < 4.78 is 6.73. The number of nitrogens with zero attached hydrogens (tertiary/aromatic N) is 2. The van der Waals surface area contributed by atoms with Gasteiger partial charge in [-0.1, -0.05) is 42.8 Å². The number of aromatic nitrogens is 1. The zero-order chi connectivity index (χ0) is 20.1. The minimum atomic E-state index is -0.425. The van der Waals surface area contributed by atoms with Crippen molar-refractivity contribution in [2.45, 2.75) is 45.3 Å². The van der Waals surface area contributed by atoms with E-state index in [1.165, 1.54) is 29.4 Å². The second-order valence-electron chi connectivity index (χ2n) is 7.62. The number of fused-ring (bicyclic) bond motifs is 1. The lowest BCUT2D eigenvalue weighted by Crippen LogP contribution is -2.30. The number of benzene rings is 2. The average Bonchev–Trinajstić information content (AvgIpc) is 3.07. The molecule has 1 saturated heterocycles. The number of rotatable bonds is 7. The molecule has 0 atom stereocenters. The lowest BCUT2D eigenvalue weighted by Gasteiger charge is -2.27. The zero-order valence-corrected chi connectivity index (χ0v) is 16.6. The van der Waals surface area contributed by atoms with Crippen LogP contribution in [0.2, 0.25) is 0 Å². The predicted octanol–water partition coefficient (Wildman–Crippen LogP) is 3.29. The van der Waals surface area contributed by atoms with E-state index in [2.05, 4.69) is 28.4 Å². The Labute approximate surface area is 170 Å². The molecule has 0 bridgehead atoms. The molecular weight excluding hydrogens is 366 g/mol. The minimum Gasteiger partial charge on any atom is -0.408 e. The smallest absolute Gasteiger partial charge is 0.408 e. The molecule has 1 aromatic heterocycles. The maximum absolute atomic E-state index is 12.4. The zero-order valence-electron chi connectivity index (χ0n) is 16.6. The number of oxazole rings is 1. The molecule has 6 heteroatoms. The van der Waals surface area contributed by atoms with Crippen molar-refractivity contribution in [3.05, 3.63) is 70.2 Å². The highest BCUT2D eigenvalue weighted by molar-refractivity contribution is 5.76. The lowest BCUT2D eigenvalue weighted by atomic mass is 10.0. The van der Waals surface area contributed by atoms with Gasteiger partial charge in [0.1, 0.15) is 0 Å². The summed E-state index contributed by atoms with van der Waals surface area (Å²) in [5.74, 6) is -0.499. The van der Waals surface area contributed by atoms with E-state index in [-0.39, 0.29) is 12.3 Å². The predicted molar refractivity (Wildman–Crippen MR) is 113 cm³/mol. The number of nitrogens with one attached hydrogen (secondary N) is 1. The molecule has 29 heavy (non-hydrogen) atoms. The fourth-order valence-electron chi connectivity index (χ4n) is 3.96. The van der Waals surface area contributed by atoms with Crippen molar-refractivity contribution in [2.75, 3.05) is 13.1 Å². The molecule has 1 aliphatic heterocycles. The second-order valence-corrected chi connectivity index (χ2v) is 7.62. The maximum Gasteiger partial charge on any atom is 0.419 e. The lowest BCUT2D eigenvalue weighted by molar-refractivity contribution is -0.121. The van der Waals surface area contributed by atoms with Crippen molar-refractivity contribution in [1.29, 1.82) is 0 Å². The molecule has 1 amide bonds. The van der Waals surface area contributed by atoms with Gasteiger partial charge in [0.25, 0.3) is 0 Å². The van der Waals surface area contributed by atoms with E-state index in [0.29, 0.717) is 18.7 Å². The number of carbonyl (C=O) groups excluding carboxylic acids is 1. The molecule has 0 aliphatic carbocycles. The first-order valence-electron chi connectivity index (χ1n) is 10.3. The van der Waals surface area contributed by atoms with Crippen molar-refractivity contribution < 1.29 is 9.21 Å². The van der Waals surface area contributed by atoms with Crippen LogP contribution in [0.25, 0.3) is 11.1 Å². The van der Waals surface area contributed by atoms with Gasteiger partial charge in [0.05, 0.1) is 5.52 Å². The van der Waals surface area contributed by atoms with Gasteiger partial charge in [0.2, 0.25) is 5.91 Å². The summed E-state index contributed by atoms with van der Waals surface area (Å²) in [6.45, 7) is 4.03. The Balaban J connectivity index is 1.34. The van der Waals surface area contributed by atoms with Crippen LogP contribution in [-0.2, 0) is 24.4 Å². The van der Waals surface area contributed by atoms with Crippen LogP contribution in [0.1, 0.15) is 36.8 Å². The number of para-hydroxylation sites is 2. The van der Waals surface area contributed by atoms with Gasteiger partial charge in [-0.3, -0.25) is 14.3 Å². The van der Waals surface area contributed by atoms with Gasteiger partial charge in [0, 0.05) is 26.1 Å². The van der Waals surface area contributed by atoms with Crippen molar-refractivity contribution >= 4 is 17.0 Å². The van der Waals surface area contributed by atoms with Crippen LogP contribution >= 0.6 is 0 Å². The fourth-order valence-corrected chi connectivity index (χ4v) is 3.96. The van der Waals surface area contributed by atoms with E-state index >= 15 is 0 Å². The van der Waals surface area contributed by atoms with E-state index in [9.17, 15) is 9.59 Å². The van der Waals surface area contributed by atoms with Crippen LogP contribution in [0.15, 0.2) is 57.7 Å². The number of hydrogen-bond donors (Lipinski definition) is 1. The molecule has 1 fully saturated rings. The van der Waals surface area contributed by atoms with Gasteiger partial charge >= 0.3 is 5.76 Å². The van der Waals surface area contributed by atoms with E-state index < -0.39 is 5.76 Å².